The van der Waals surface area contributed by atoms with Gasteiger partial charge in [0.2, 0.25) is 0 Å². The first-order valence-electron chi connectivity index (χ1n) is 15.9. The number of nitrogens with zero attached hydrogens (tertiary/aromatic N) is 6. The van der Waals surface area contributed by atoms with Gasteiger partial charge in [0.25, 0.3) is 0 Å². The molecule has 0 aliphatic carbocycles. The van der Waals surface area contributed by atoms with Gasteiger partial charge >= 0.3 is 5.97 Å². The number of aromatic nitrogens is 5. The van der Waals surface area contributed by atoms with Gasteiger partial charge in [0, 0.05) is 42.2 Å². The van der Waals surface area contributed by atoms with Crippen molar-refractivity contribution >= 4 is 17.4 Å². The fraction of sp³-hybridized carbons (Fsp3) is 0.486. The number of hydrogen-bond acceptors (Lipinski definition) is 7. The van der Waals surface area contributed by atoms with Gasteiger partial charge in [-0.15, -0.1) is 0 Å². The Bertz CT molecular complexity index is 1620. The van der Waals surface area contributed by atoms with Crippen LogP contribution < -0.4 is 4.90 Å². The van der Waals surface area contributed by atoms with Crippen LogP contribution in [0.1, 0.15) is 77.8 Å². The maximum atomic E-state index is 11.8. The number of aliphatic carboxylic acids is 1. The first-order chi connectivity index (χ1) is 21.4. The second-order valence-corrected chi connectivity index (χ2v) is 12.6. The van der Waals surface area contributed by atoms with Crippen LogP contribution in [-0.2, 0) is 22.4 Å². The molecule has 1 saturated heterocycles. The van der Waals surface area contributed by atoms with Gasteiger partial charge < -0.3 is 19.8 Å². The topological polar surface area (TPSA) is 118 Å². The number of carboxylic acids is 1. The number of carboxylic acid groups (broad SMARTS) is 1. The van der Waals surface area contributed by atoms with Crippen LogP contribution in [0, 0.1) is 6.92 Å². The molecule has 6 heterocycles. The minimum absolute atomic E-state index is 0.106. The molecular formula is C35H48N6O4. The molecule has 4 aromatic rings. The van der Waals surface area contributed by atoms with Crippen LogP contribution in [0.4, 0.5) is 5.82 Å². The molecule has 8 bridgehead atoms. The van der Waals surface area contributed by atoms with Crippen LogP contribution in [0.2, 0.25) is 0 Å². The van der Waals surface area contributed by atoms with E-state index in [2.05, 4.69) is 36.1 Å². The van der Waals surface area contributed by atoms with E-state index >= 15 is 0 Å². The summed E-state index contributed by atoms with van der Waals surface area (Å²) in [6.45, 7) is 15.3. The summed E-state index contributed by atoms with van der Waals surface area (Å²) < 4.78 is 10.0. The van der Waals surface area contributed by atoms with Crippen molar-refractivity contribution in [3.05, 3.63) is 71.7 Å². The molecule has 0 saturated carbocycles. The summed E-state index contributed by atoms with van der Waals surface area (Å²) in [6, 6.07) is 12.2. The first-order valence-corrected chi connectivity index (χ1v) is 15.9. The van der Waals surface area contributed by atoms with Crippen molar-refractivity contribution in [2.45, 2.75) is 91.8 Å². The van der Waals surface area contributed by atoms with Gasteiger partial charge in [-0.2, -0.15) is 14.7 Å². The van der Waals surface area contributed by atoms with E-state index in [-0.39, 0.29) is 12.0 Å². The van der Waals surface area contributed by atoms with Crippen molar-refractivity contribution in [2.75, 3.05) is 24.6 Å². The summed E-state index contributed by atoms with van der Waals surface area (Å²) in [5, 5.41) is 28.0. The van der Waals surface area contributed by atoms with E-state index in [0.29, 0.717) is 23.5 Å². The molecule has 1 fully saturated rings. The average Bonchev–Trinajstić information content (AvgIpc) is 3.63. The maximum Gasteiger partial charge on any atom is 0.308 e. The minimum atomic E-state index is -0.882. The summed E-state index contributed by atoms with van der Waals surface area (Å²) in [4.78, 5) is 18.8. The second-order valence-electron chi connectivity index (χ2n) is 12.6. The SMILES string of the molecule is CC.CC(C)(C)O.Cc1nc2cc3nn2c(c1CC(=O)O)N1CCC(C)(CC1)OC/C=C/CCc1ccn(n1)-c1cccc-3c1. The fourth-order valence-electron chi connectivity index (χ4n) is 5.41. The summed E-state index contributed by atoms with van der Waals surface area (Å²) in [6.07, 6.45) is 9.60. The van der Waals surface area contributed by atoms with Gasteiger partial charge in [0.15, 0.2) is 5.65 Å². The smallest absolute Gasteiger partial charge is 0.308 e. The summed E-state index contributed by atoms with van der Waals surface area (Å²) in [7, 11) is 0. The predicted octanol–water partition coefficient (Wildman–Crippen LogP) is 6.20. The molecule has 0 unspecified atom stereocenters. The summed E-state index contributed by atoms with van der Waals surface area (Å²) in [5.41, 5.74) is 5.11. The molecular weight excluding hydrogens is 568 g/mol. The molecule has 10 heteroatoms. The second kappa shape index (κ2) is 14.4. The van der Waals surface area contributed by atoms with E-state index in [4.69, 9.17) is 25.0 Å². The van der Waals surface area contributed by atoms with Gasteiger partial charge in [-0.05, 0) is 78.5 Å². The third kappa shape index (κ3) is 8.79. The maximum absolute atomic E-state index is 11.8. The number of aliphatic hydroxyl groups is 1. The Kier molecular flexibility index (Phi) is 10.8. The lowest BCUT2D eigenvalue weighted by atomic mass is 9.93. The molecule has 0 amide bonds. The van der Waals surface area contributed by atoms with E-state index in [1.807, 2.05) is 60.4 Å². The molecule has 2 N–H and O–H groups in total. The van der Waals surface area contributed by atoms with Crippen LogP contribution >= 0.6 is 0 Å². The zero-order valence-electron chi connectivity index (χ0n) is 27.7. The number of rotatable bonds is 2. The monoisotopic (exact) mass is 616 g/mol. The number of piperidine rings is 1. The standard InChI is InChI=1S/C29H32N6O3.C4H10O.C2H6/c1-20-24(18-27(36)37)28-33-14-11-29(2,12-15-33)38-16-5-3-4-8-22-10-13-34(31-22)23-9-6-7-21(17-23)25-19-26(30-20)35(28)32-25;1-4(2,3)5;1-2/h3,5-7,9-10,13,17,19H,4,8,11-12,14-16,18H2,1-2H3,(H,36,37);5H,1-3H3;1-2H3/b5-3+;;. The molecule has 3 aliphatic rings. The van der Waals surface area contributed by atoms with Gasteiger partial charge in [-0.1, -0.05) is 38.1 Å². The van der Waals surface area contributed by atoms with Crippen LogP contribution in [0.3, 0.4) is 0 Å². The largest absolute Gasteiger partial charge is 0.481 e. The number of anilines is 1. The van der Waals surface area contributed by atoms with Gasteiger partial charge in [0.05, 0.1) is 41.3 Å². The highest BCUT2D eigenvalue weighted by Crippen LogP contribution is 2.34. The van der Waals surface area contributed by atoms with Crippen LogP contribution in [0.5, 0.6) is 0 Å². The highest BCUT2D eigenvalue weighted by Gasteiger charge is 2.33. The van der Waals surface area contributed by atoms with Crippen molar-refractivity contribution < 1.29 is 19.7 Å². The lowest BCUT2D eigenvalue weighted by Crippen LogP contribution is -2.45. The molecule has 0 atom stereocenters. The van der Waals surface area contributed by atoms with Gasteiger partial charge in [0.1, 0.15) is 5.82 Å². The van der Waals surface area contributed by atoms with Crippen molar-refractivity contribution in [1.29, 1.82) is 0 Å². The Morgan fingerprint density at radius 3 is 2.47 bits per heavy atom. The van der Waals surface area contributed by atoms with Crippen LogP contribution in [-0.4, -0.2) is 71.5 Å². The molecule has 7 rings (SSSR count). The van der Waals surface area contributed by atoms with Crippen molar-refractivity contribution in [3.63, 3.8) is 0 Å². The minimum Gasteiger partial charge on any atom is -0.481 e. The number of aryl methyl sites for hydroxylation is 2. The van der Waals surface area contributed by atoms with Crippen LogP contribution in [0.25, 0.3) is 22.6 Å². The number of benzene rings is 1. The molecule has 10 nitrogen and oxygen atoms in total. The average molecular weight is 617 g/mol. The Hall–Kier alpha value is -4.02. The molecule has 3 aliphatic heterocycles. The highest BCUT2D eigenvalue weighted by molar-refractivity contribution is 5.75. The highest BCUT2D eigenvalue weighted by atomic mass is 16.5. The Morgan fingerprint density at radius 1 is 1.07 bits per heavy atom. The zero-order chi connectivity index (χ0) is 32.8. The lowest BCUT2D eigenvalue weighted by Gasteiger charge is -2.40. The third-order valence-electron chi connectivity index (χ3n) is 7.64. The number of ether oxygens (including phenoxy) is 1. The van der Waals surface area contributed by atoms with E-state index in [1.54, 1.807) is 20.8 Å². The molecule has 1 aromatic carbocycles. The van der Waals surface area contributed by atoms with E-state index in [9.17, 15) is 9.90 Å². The van der Waals surface area contributed by atoms with Gasteiger partial charge in [-0.25, -0.2) is 9.67 Å². The van der Waals surface area contributed by atoms with Crippen molar-refractivity contribution in [1.82, 2.24) is 24.4 Å². The quantitative estimate of drug-likeness (QED) is 0.256. The number of hydrogen-bond donors (Lipinski definition) is 2. The first kappa shape index (κ1) is 33.9. The fourth-order valence-corrected chi connectivity index (χ4v) is 5.41. The molecule has 3 aromatic heterocycles. The Labute approximate surface area is 266 Å². The third-order valence-corrected chi connectivity index (χ3v) is 7.64. The van der Waals surface area contributed by atoms with Crippen molar-refractivity contribution in [3.8, 4) is 16.9 Å². The van der Waals surface area contributed by atoms with Crippen molar-refractivity contribution in [2.24, 2.45) is 0 Å². The zero-order valence-corrected chi connectivity index (χ0v) is 27.7. The lowest BCUT2D eigenvalue weighted by molar-refractivity contribution is -0.136. The van der Waals surface area contributed by atoms with E-state index in [0.717, 1.165) is 67.2 Å². The molecule has 45 heavy (non-hydrogen) atoms. The Balaban J connectivity index is 0.000000602. The van der Waals surface area contributed by atoms with E-state index < -0.39 is 11.6 Å². The molecule has 0 spiro atoms. The van der Waals surface area contributed by atoms with Crippen LogP contribution in [0.15, 0.2) is 54.7 Å². The van der Waals surface area contributed by atoms with E-state index in [1.165, 1.54) is 0 Å². The molecule has 242 valence electrons. The summed E-state index contributed by atoms with van der Waals surface area (Å²) in [5.74, 6) is -0.0713. The molecule has 0 radical (unpaired) electrons. The van der Waals surface area contributed by atoms with Gasteiger partial charge in [-0.3, -0.25) is 4.79 Å². The normalized spacial score (nSPS) is 16.8. The number of carbonyl (C=O) groups is 1. The Morgan fingerprint density at radius 2 is 1.78 bits per heavy atom. The number of allylic oxidation sites excluding steroid dienone is 1. The summed E-state index contributed by atoms with van der Waals surface area (Å²) >= 11 is 0. The number of fused-ring (bicyclic) bond motifs is 6. The predicted molar refractivity (Wildman–Crippen MR) is 178 cm³/mol.